The van der Waals surface area contributed by atoms with Gasteiger partial charge in [0, 0.05) is 40.9 Å². The van der Waals surface area contributed by atoms with Gasteiger partial charge in [-0.1, -0.05) is 90.5 Å². The Morgan fingerprint density at radius 2 is 1.60 bits per heavy atom. The van der Waals surface area contributed by atoms with Crippen molar-refractivity contribution in [2.24, 2.45) is 5.41 Å². The summed E-state index contributed by atoms with van der Waals surface area (Å²) in [5, 5.41) is 25.5. The molecule has 0 amide bonds. The Balaban J connectivity index is 1.58. The van der Waals surface area contributed by atoms with Crippen LogP contribution in [0.3, 0.4) is 0 Å². The van der Waals surface area contributed by atoms with Crippen molar-refractivity contribution in [2.75, 3.05) is 13.2 Å². The highest BCUT2D eigenvalue weighted by Crippen LogP contribution is 2.52. The highest BCUT2D eigenvalue weighted by atomic mass is 35.5. The third-order valence-electron chi connectivity index (χ3n) is 8.79. The molecular formula is C37H37ClN2O5. The summed E-state index contributed by atoms with van der Waals surface area (Å²) in [6, 6.07) is 31.8. The number of carbonyl (C=O) groups is 2. The fourth-order valence-corrected chi connectivity index (χ4v) is 6.87. The molecule has 3 N–H and O–H groups in total. The largest absolute Gasteiger partial charge is 0.481 e. The molecule has 45 heavy (non-hydrogen) atoms. The zero-order valence-corrected chi connectivity index (χ0v) is 25.9. The Bertz CT molecular complexity index is 1590. The molecule has 0 aliphatic carbocycles. The molecule has 5 rings (SSSR count). The standard InChI is InChI=1S/C37H37ClN2O5/c1-25-33(35(41)42)34(28-15-10-16-29(38)23-28)37(36(43)44,32(40-25)24-45-22-19-30-17-8-9-21-39-30)20-18-31(26-11-4-2-5-12-26)27-13-6-3-7-14-27/h2-17,21,23,31-32,34,40H,18-20,22,24H2,1H3,(H,41,42)(H,43,44). The number of benzene rings is 3. The maximum absolute atomic E-state index is 13.8. The molecule has 3 atom stereocenters. The van der Waals surface area contributed by atoms with Gasteiger partial charge in [-0.2, -0.15) is 0 Å². The van der Waals surface area contributed by atoms with Crippen LogP contribution in [-0.4, -0.2) is 46.4 Å². The molecule has 2 heterocycles. The van der Waals surface area contributed by atoms with Gasteiger partial charge in [-0.05, 0) is 60.7 Å². The second-order valence-electron chi connectivity index (χ2n) is 11.4. The summed E-state index contributed by atoms with van der Waals surface area (Å²) in [5.74, 6) is -3.38. The van der Waals surface area contributed by atoms with Crippen molar-refractivity contribution in [3.05, 3.63) is 148 Å². The number of pyridine rings is 1. The van der Waals surface area contributed by atoms with Crippen LogP contribution in [0.25, 0.3) is 0 Å². The molecular weight excluding hydrogens is 588 g/mol. The molecule has 0 fully saturated rings. The predicted octanol–water partition coefficient (Wildman–Crippen LogP) is 7.09. The van der Waals surface area contributed by atoms with Crippen molar-refractivity contribution >= 4 is 23.5 Å². The summed E-state index contributed by atoms with van der Waals surface area (Å²) < 4.78 is 6.15. The molecule has 0 spiro atoms. The Hall–Kier alpha value is -4.46. The van der Waals surface area contributed by atoms with E-state index in [9.17, 15) is 19.8 Å². The maximum Gasteiger partial charge on any atom is 0.333 e. The number of aliphatic carboxylic acids is 2. The van der Waals surface area contributed by atoms with Crippen LogP contribution in [0.2, 0.25) is 5.02 Å². The van der Waals surface area contributed by atoms with Crippen LogP contribution in [0, 0.1) is 5.41 Å². The van der Waals surface area contributed by atoms with Crippen LogP contribution in [0.4, 0.5) is 0 Å². The van der Waals surface area contributed by atoms with Gasteiger partial charge < -0.3 is 20.3 Å². The fourth-order valence-electron chi connectivity index (χ4n) is 6.67. The number of aromatic nitrogens is 1. The van der Waals surface area contributed by atoms with E-state index in [-0.39, 0.29) is 24.5 Å². The second-order valence-corrected chi connectivity index (χ2v) is 11.9. The average molecular weight is 625 g/mol. The normalized spacial score (nSPS) is 19.7. The van der Waals surface area contributed by atoms with E-state index in [2.05, 4.69) is 10.3 Å². The molecule has 3 unspecified atom stereocenters. The van der Waals surface area contributed by atoms with E-state index in [1.54, 1.807) is 37.4 Å². The third kappa shape index (κ3) is 7.11. The molecule has 4 aromatic rings. The van der Waals surface area contributed by atoms with E-state index < -0.39 is 29.3 Å². The van der Waals surface area contributed by atoms with E-state index in [0.29, 0.717) is 35.7 Å². The number of nitrogens with zero attached hydrogens (tertiary/aromatic N) is 1. The molecule has 0 bridgehead atoms. The summed E-state index contributed by atoms with van der Waals surface area (Å²) in [6.45, 7) is 2.07. The van der Waals surface area contributed by atoms with E-state index in [1.807, 2.05) is 78.9 Å². The van der Waals surface area contributed by atoms with Gasteiger partial charge in [-0.15, -0.1) is 0 Å². The Labute approximate surface area is 268 Å². The summed E-state index contributed by atoms with van der Waals surface area (Å²) in [6.07, 6.45) is 2.90. The zero-order chi connectivity index (χ0) is 31.8. The van der Waals surface area contributed by atoms with Gasteiger partial charge in [0.2, 0.25) is 0 Å². The summed E-state index contributed by atoms with van der Waals surface area (Å²) in [4.78, 5) is 31.1. The monoisotopic (exact) mass is 624 g/mol. The maximum atomic E-state index is 13.8. The number of carboxylic acids is 2. The lowest BCUT2D eigenvalue weighted by molar-refractivity contribution is -0.155. The van der Waals surface area contributed by atoms with Crippen molar-refractivity contribution in [2.45, 2.75) is 44.1 Å². The molecule has 0 saturated heterocycles. The highest BCUT2D eigenvalue weighted by Gasteiger charge is 2.57. The lowest BCUT2D eigenvalue weighted by atomic mass is 9.59. The van der Waals surface area contributed by atoms with Gasteiger partial charge in [0.25, 0.3) is 0 Å². The van der Waals surface area contributed by atoms with E-state index in [4.69, 9.17) is 16.3 Å². The minimum absolute atomic E-state index is 0.0142. The molecule has 3 aromatic carbocycles. The first kappa shape index (κ1) is 31.9. The molecule has 8 heteroatoms. The molecule has 0 radical (unpaired) electrons. The van der Waals surface area contributed by atoms with Crippen LogP contribution in [0.5, 0.6) is 0 Å². The lowest BCUT2D eigenvalue weighted by Gasteiger charge is -2.48. The molecule has 232 valence electrons. The van der Waals surface area contributed by atoms with Crippen LogP contribution < -0.4 is 5.32 Å². The van der Waals surface area contributed by atoms with Crippen molar-refractivity contribution in [1.82, 2.24) is 10.3 Å². The molecule has 1 aliphatic rings. The number of halogens is 1. The highest BCUT2D eigenvalue weighted by molar-refractivity contribution is 6.30. The number of hydrogen-bond donors (Lipinski definition) is 3. The predicted molar refractivity (Wildman–Crippen MR) is 174 cm³/mol. The Kier molecular flexibility index (Phi) is 10.3. The first-order chi connectivity index (χ1) is 21.8. The summed E-state index contributed by atoms with van der Waals surface area (Å²) in [7, 11) is 0. The van der Waals surface area contributed by atoms with E-state index in [0.717, 1.165) is 16.8 Å². The number of ether oxygens (including phenoxy) is 1. The van der Waals surface area contributed by atoms with E-state index in [1.165, 1.54) is 0 Å². The third-order valence-corrected chi connectivity index (χ3v) is 9.03. The Morgan fingerprint density at radius 1 is 0.933 bits per heavy atom. The van der Waals surface area contributed by atoms with Crippen LogP contribution in [-0.2, 0) is 20.7 Å². The second kappa shape index (κ2) is 14.5. The smallest absolute Gasteiger partial charge is 0.333 e. The SMILES string of the molecule is CC1=C(C(=O)O)C(c2cccc(Cl)c2)C(CCC(c2ccccc2)c2ccccc2)(C(=O)O)C(COCCc2ccccn2)N1. The molecule has 7 nitrogen and oxygen atoms in total. The number of hydrogen-bond acceptors (Lipinski definition) is 5. The zero-order valence-electron chi connectivity index (χ0n) is 25.1. The van der Waals surface area contributed by atoms with Crippen LogP contribution in [0.15, 0.2) is 121 Å². The van der Waals surface area contributed by atoms with Gasteiger partial charge in [-0.25, -0.2) is 4.79 Å². The summed E-state index contributed by atoms with van der Waals surface area (Å²) in [5.41, 5.74) is 2.35. The number of rotatable bonds is 13. The summed E-state index contributed by atoms with van der Waals surface area (Å²) >= 11 is 6.43. The topological polar surface area (TPSA) is 109 Å². The number of nitrogens with one attached hydrogen (secondary N) is 1. The molecule has 1 aliphatic heterocycles. The average Bonchev–Trinajstić information content (AvgIpc) is 3.05. The first-order valence-electron chi connectivity index (χ1n) is 15.1. The quantitative estimate of drug-likeness (QED) is 0.136. The minimum atomic E-state index is -1.59. The van der Waals surface area contributed by atoms with Crippen molar-refractivity contribution in [1.29, 1.82) is 0 Å². The van der Waals surface area contributed by atoms with Crippen molar-refractivity contribution in [3.8, 4) is 0 Å². The van der Waals surface area contributed by atoms with Crippen LogP contribution >= 0.6 is 11.6 Å². The van der Waals surface area contributed by atoms with Gasteiger partial charge in [0.05, 0.1) is 24.8 Å². The van der Waals surface area contributed by atoms with Gasteiger partial charge in [0.1, 0.15) is 5.41 Å². The van der Waals surface area contributed by atoms with Gasteiger partial charge >= 0.3 is 11.9 Å². The van der Waals surface area contributed by atoms with E-state index >= 15 is 0 Å². The van der Waals surface area contributed by atoms with Crippen molar-refractivity contribution in [3.63, 3.8) is 0 Å². The lowest BCUT2D eigenvalue weighted by Crippen LogP contribution is -2.59. The number of allylic oxidation sites excluding steroid dienone is 1. The van der Waals surface area contributed by atoms with Crippen LogP contribution in [0.1, 0.15) is 54.0 Å². The number of carboxylic acid groups (broad SMARTS) is 2. The van der Waals surface area contributed by atoms with Crippen molar-refractivity contribution < 1.29 is 24.5 Å². The van der Waals surface area contributed by atoms with Gasteiger partial charge in [-0.3, -0.25) is 9.78 Å². The molecule has 1 aromatic heterocycles. The Morgan fingerprint density at radius 3 is 2.18 bits per heavy atom. The molecule has 0 saturated carbocycles. The first-order valence-corrected chi connectivity index (χ1v) is 15.5. The minimum Gasteiger partial charge on any atom is -0.481 e. The fraction of sp³-hybridized carbons (Fsp3) is 0.270. The van der Waals surface area contributed by atoms with Gasteiger partial charge in [0.15, 0.2) is 0 Å².